The highest BCUT2D eigenvalue weighted by atomic mass is 16.1. The molecule has 3 heteroatoms. The number of aryl methyl sites for hydroxylation is 1. The van der Waals surface area contributed by atoms with Crippen molar-refractivity contribution in [2.24, 2.45) is 0 Å². The Morgan fingerprint density at radius 3 is 2.71 bits per heavy atom. The maximum absolute atomic E-state index is 12.0. The fourth-order valence-electron chi connectivity index (χ4n) is 2.22. The van der Waals surface area contributed by atoms with E-state index in [1.165, 1.54) is 12.8 Å². The standard InChI is InChI=1S/C14H20N2O/c1-11-4-5-12(10-13(11)15)14(17)6-9-16-7-2-3-8-16/h4-5,10H,2-3,6-9,15H2,1H3. The fraction of sp³-hybridized carbons (Fsp3) is 0.500. The summed E-state index contributed by atoms with van der Waals surface area (Å²) in [5, 5.41) is 0. The van der Waals surface area contributed by atoms with Crippen molar-refractivity contribution in [1.82, 2.24) is 4.90 Å². The quantitative estimate of drug-likeness (QED) is 0.639. The van der Waals surface area contributed by atoms with E-state index in [0.717, 1.165) is 30.8 Å². The van der Waals surface area contributed by atoms with E-state index in [0.29, 0.717) is 12.1 Å². The molecule has 1 heterocycles. The van der Waals surface area contributed by atoms with Crippen LogP contribution in [0.1, 0.15) is 35.2 Å². The van der Waals surface area contributed by atoms with Gasteiger partial charge in [0, 0.05) is 24.2 Å². The Bertz CT molecular complexity index is 409. The van der Waals surface area contributed by atoms with Gasteiger partial charge in [0.2, 0.25) is 0 Å². The smallest absolute Gasteiger partial charge is 0.164 e. The van der Waals surface area contributed by atoms with E-state index >= 15 is 0 Å². The third-order valence-corrected chi connectivity index (χ3v) is 3.45. The predicted molar refractivity (Wildman–Crippen MR) is 70.2 cm³/mol. The van der Waals surface area contributed by atoms with E-state index in [2.05, 4.69) is 4.90 Å². The van der Waals surface area contributed by atoms with Gasteiger partial charge in [0.05, 0.1) is 0 Å². The highest BCUT2D eigenvalue weighted by molar-refractivity contribution is 5.97. The van der Waals surface area contributed by atoms with Crippen LogP contribution in [0.15, 0.2) is 18.2 Å². The van der Waals surface area contributed by atoms with E-state index < -0.39 is 0 Å². The summed E-state index contributed by atoms with van der Waals surface area (Å²) in [6.07, 6.45) is 3.14. The maximum atomic E-state index is 12.0. The number of rotatable bonds is 4. The Morgan fingerprint density at radius 1 is 1.35 bits per heavy atom. The first-order valence-electron chi connectivity index (χ1n) is 6.28. The average Bonchev–Trinajstić information content (AvgIpc) is 2.82. The van der Waals surface area contributed by atoms with E-state index in [4.69, 9.17) is 5.73 Å². The average molecular weight is 232 g/mol. The van der Waals surface area contributed by atoms with Crippen LogP contribution in [0.25, 0.3) is 0 Å². The lowest BCUT2D eigenvalue weighted by atomic mass is 10.0. The predicted octanol–water partition coefficient (Wildman–Crippen LogP) is 2.25. The first-order valence-corrected chi connectivity index (χ1v) is 6.28. The number of Topliss-reactive ketones (excluding diaryl/α,β-unsaturated/α-hetero) is 1. The summed E-state index contributed by atoms with van der Waals surface area (Å²) in [6, 6.07) is 5.58. The minimum absolute atomic E-state index is 0.198. The number of likely N-dealkylation sites (tertiary alicyclic amines) is 1. The second-order valence-electron chi connectivity index (χ2n) is 4.79. The van der Waals surface area contributed by atoms with Gasteiger partial charge in [-0.15, -0.1) is 0 Å². The number of carbonyl (C=O) groups is 1. The van der Waals surface area contributed by atoms with Crippen LogP contribution in [-0.4, -0.2) is 30.3 Å². The van der Waals surface area contributed by atoms with Gasteiger partial charge in [0.15, 0.2) is 5.78 Å². The van der Waals surface area contributed by atoms with E-state index in [9.17, 15) is 4.79 Å². The molecule has 0 bridgehead atoms. The molecule has 0 unspecified atom stereocenters. The number of carbonyl (C=O) groups excluding carboxylic acids is 1. The zero-order valence-corrected chi connectivity index (χ0v) is 10.4. The Morgan fingerprint density at radius 2 is 2.06 bits per heavy atom. The molecule has 1 aromatic rings. The minimum atomic E-state index is 0.198. The van der Waals surface area contributed by atoms with Crippen molar-refractivity contribution in [1.29, 1.82) is 0 Å². The third kappa shape index (κ3) is 3.07. The zero-order valence-electron chi connectivity index (χ0n) is 10.4. The van der Waals surface area contributed by atoms with Gasteiger partial charge in [0.25, 0.3) is 0 Å². The summed E-state index contributed by atoms with van der Waals surface area (Å²) in [4.78, 5) is 14.3. The summed E-state index contributed by atoms with van der Waals surface area (Å²) >= 11 is 0. The normalized spacial score (nSPS) is 16.3. The largest absolute Gasteiger partial charge is 0.398 e. The highest BCUT2D eigenvalue weighted by Crippen LogP contribution is 2.15. The molecule has 2 N–H and O–H groups in total. The van der Waals surface area contributed by atoms with Crippen molar-refractivity contribution in [3.63, 3.8) is 0 Å². The summed E-state index contributed by atoms with van der Waals surface area (Å²) in [6.45, 7) is 5.12. The van der Waals surface area contributed by atoms with Gasteiger partial charge in [-0.2, -0.15) is 0 Å². The Hall–Kier alpha value is -1.35. The molecular weight excluding hydrogens is 212 g/mol. The fourth-order valence-corrected chi connectivity index (χ4v) is 2.22. The molecule has 17 heavy (non-hydrogen) atoms. The molecule has 0 amide bonds. The Labute approximate surface area is 103 Å². The van der Waals surface area contributed by atoms with Gasteiger partial charge < -0.3 is 10.6 Å². The van der Waals surface area contributed by atoms with E-state index in [-0.39, 0.29) is 5.78 Å². The van der Waals surface area contributed by atoms with Crippen LogP contribution in [0.2, 0.25) is 0 Å². The number of nitrogens with zero attached hydrogens (tertiary/aromatic N) is 1. The number of nitrogen functional groups attached to an aromatic ring is 1. The molecule has 0 saturated carbocycles. The minimum Gasteiger partial charge on any atom is -0.398 e. The third-order valence-electron chi connectivity index (χ3n) is 3.45. The lowest BCUT2D eigenvalue weighted by Crippen LogP contribution is -2.22. The van der Waals surface area contributed by atoms with Crippen molar-refractivity contribution >= 4 is 11.5 Å². The van der Waals surface area contributed by atoms with Gasteiger partial charge in [0.1, 0.15) is 0 Å². The van der Waals surface area contributed by atoms with E-state index in [1.807, 2.05) is 19.1 Å². The number of hydrogen-bond acceptors (Lipinski definition) is 3. The molecule has 1 fully saturated rings. The first-order chi connectivity index (χ1) is 8.16. The number of hydrogen-bond donors (Lipinski definition) is 1. The lowest BCUT2D eigenvalue weighted by molar-refractivity contribution is 0.0969. The molecule has 0 spiro atoms. The molecular formula is C14H20N2O. The Balaban J connectivity index is 1.92. The van der Waals surface area contributed by atoms with Crippen molar-refractivity contribution in [2.75, 3.05) is 25.4 Å². The van der Waals surface area contributed by atoms with Gasteiger partial charge in [-0.05, 0) is 44.5 Å². The van der Waals surface area contributed by atoms with Crippen LogP contribution >= 0.6 is 0 Å². The number of anilines is 1. The SMILES string of the molecule is Cc1ccc(C(=O)CCN2CCCC2)cc1N. The van der Waals surface area contributed by atoms with Gasteiger partial charge in [-0.1, -0.05) is 12.1 Å². The summed E-state index contributed by atoms with van der Waals surface area (Å²) in [5.74, 6) is 0.198. The van der Waals surface area contributed by atoms with Crippen molar-refractivity contribution in [3.8, 4) is 0 Å². The molecule has 0 aliphatic carbocycles. The summed E-state index contributed by atoms with van der Waals surface area (Å²) in [5.41, 5.74) is 8.29. The second-order valence-corrected chi connectivity index (χ2v) is 4.79. The van der Waals surface area contributed by atoms with Crippen LogP contribution in [0.3, 0.4) is 0 Å². The first kappa shape index (κ1) is 12.1. The number of ketones is 1. The molecule has 0 radical (unpaired) electrons. The lowest BCUT2D eigenvalue weighted by Gasteiger charge is -2.13. The van der Waals surface area contributed by atoms with Crippen LogP contribution in [-0.2, 0) is 0 Å². The molecule has 1 aliphatic heterocycles. The zero-order chi connectivity index (χ0) is 12.3. The van der Waals surface area contributed by atoms with Crippen molar-refractivity contribution in [3.05, 3.63) is 29.3 Å². The van der Waals surface area contributed by atoms with Crippen LogP contribution in [0.5, 0.6) is 0 Å². The monoisotopic (exact) mass is 232 g/mol. The molecule has 0 aromatic heterocycles. The van der Waals surface area contributed by atoms with Gasteiger partial charge in [-0.3, -0.25) is 4.79 Å². The van der Waals surface area contributed by atoms with Gasteiger partial charge in [-0.25, -0.2) is 0 Å². The molecule has 92 valence electrons. The number of benzene rings is 1. The van der Waals surface area contributed by atoms with Crippen molar-refractivity contribution < 1.29 is 4.79 Å². The molecule has 1 aliphatic rings. The van der Waals surface area contributed by atoms with Crippen LogP contribution in [0, 0.1) is 6.92 Å². The topological polar surface area (TPSA) is 46.3 Å². The highest BCUT2D eigenvalue weighted by Gasteiger charge is 2.14. The summed E-state index contributed by atoms with van der Waals surface area (Å²) < 4.78 is 0. The maximum Gasteiger partial charge on any atom is 0.164 e. The molecule has 0 atom stereocenters. The summed E-state index contributed by atoms with van der Waals surface area (Å²) in [7, 11) is 0. The molecule has 1 saturated heterocycles. The second kappa shape index (κ2) is 5.32. The van der Waals surface area contributed by atoms with Gasteiger partial charge >= 0.3 is 0 Å². The molecule has 1 aromatic carbocycles. The Kier molecular flexibility index (Phi) is 3.79. The molecule has 2 rings (SSSR count). The van der Waals surface area contributed by atoms with Crippen LogP contribution in [0.4, 0.5) is 5.69 Å². The van der Waals surface area contributed by atoms with Crippen molar-refractivity contribution in [2.45, 2.75) is 26.2 Å². The number of nitrogens with two attached hydrogens (primary N) is 1. The van der Waals surface area contributed by atoms with Crippen LogP contribution < -0.4 is 5.73 Å². The molecule has 3 nitrogen and oxygen atoms in total. The van der Waals surface area contributed by atoms with E-state index in [1.54, 1.807) is 6.07 Å².